The van der Waals surface area contributed by atoms with Crippen molar-refractivity contribution in [3.05, 3.63) is 27.4 Å². The van der Waals surface area contributed by atoms with Gasteiger partial charge in [0.15, 0.2) is 11.6 Å². The smallest absolute Gasteiger partial charge is 0.408 e. The number of benzene rings is 1. The fraction of sp³-hybridized carbons (Fsp3) is 0.500. The van der Waals surface area contributed by atoms with E-state index in [0.29, 0.717) is 4.47 Å². The molecule has 0 spiro atoms. The lowest BCUT2D eigenvalue weighted by Crippen LogP contribution is -2.52. The zero-order chi connectivity index (χ0) is 16.4. The summed E-state index contributed by atoms with van der Waals surface area (Å²) in [6, 6.07) is 2.13. The Morgan fingerprint density at radius 1 is 1.52 bits per heavy atom. The second-order valence-electron chi connectivity index (χ2n) is 5.68. The van der Waals surface area contributed by atoms with E-state index in [1.807, 2.05) is 0 Å². The van der Waals surface area contributed by atoms with Crippen molar-refractivity contribution < 1.29 is 19.0 Å². The molecule has 4 nitrogen and oxygen atoms in total. The molecule has 0 bridgehead atoms. The van der Waals surface area contributed by atoms with E-state index in [1.54, 1.807) is 27.7 Å². The van der Waals surface area contributed by atoms with Gasteiger partial charge in [0, 0.05) is 10.0 Å². The highest BCUT2D eigenvalue weighted by molar-refractivity contribution is 9.10. The van der Waals surface area contributed by atoms with E-state index in [2.05, 4.69) is 15.9 Å². The topological polar surface area (TPSA) is 49.8 Å². The van der Waals surface area contributed by atoms with Crippen LogP contribution in [0.15, 0.2) is 16.6 Å². The number of amides is 1. The summed E-state index contributed by atoms with van der Waals surface area (Å²) in [5.41, 5.74) is -0.576. The first kappa shape index (κ1) is 18.0. The Bertz CT molecular complexity index is 534. The van der Waals surface area contributed by atoms with E-state index in [4.69, 9.17) is 16.3 Å². The first-order chi connectivity index (χ1) is 9.54. The van der Waals surface area contributed by atoms with Gasteiger partial charge in [-0.3, -0.25) is 4.90 Å². The largest absolute Gasteiger partial charge is 0.488 e. The predicted molar refractivity (Wildman–Crippen MR) is 83.7 cm³/mol. The van der Waals surface area contributed by atoms with Crippen LogP contribution in [0.2, 0.25) is 5.02 Å². The zero-order valence-electron chi connectivity index (χ0n) is 12.3. The Kier molecular flexibility index (Phi) is 5.87. The first-order valence-corrected chi connectivity index (χ1v) is 7.50. The van der Waals surface area contributed by atoms with Crippen molar-refractivity contribution in [3.8, 4) is 5.75 Å². The second kappa shape index (κ2) is 6.83. The molecule has 1 unspecified atom stereocenters. The van der Waals surface area contributed by atoms with Crippen molar-refractivity contribution in [1.82, 2.24) is 4.90 Å². The summed E-state index contributed by atoms with van der Waals surface area (Å²) in [4.78, 5) is 12.6. The minimum absolute atomic E-state index is 0.0253. The van der Waals surface area contributed by atoms with Gasteiger partial charge < -0.3 is 9.84 Å². The molecule has 0 saturated carbocycles. The number of halogens is 3. The highest BCUT2D eigenvalue weighted by atomic mass is 79.9. The Morgan fingerprint density at radius 3 is 2.57 bits per heavy atom. The lowest BCUT2D eigenvalue weighted by atomic mass is 10.0. The van der Waals surface area contributed by atoms with Gasteiger partial charge in [0.25, 0.3) is 0 Å². The Hall–Kier alpha value is -1.01. The van der Waals surface area contributed by atoms with Gasteiger partial charge in [-0.15, -0.1) is 0 Å². The number of carbonyl (C=O) groups is 1. The molecule has 0 heterocycles. The molecule has 0 aliphatic carbocycles. The summed E-state index contributed by atoms with van der Waals surface area (Å²) in [6.45, 7) is 7.11. The number of carboxylic acid groups (broad SMARTS) is 1. The number of hydrogen-bond acceptors (Lipinski definition) is 2. The van der Waals surface area contributed by atoms with Crippen LogP contribution in [0, 0.1) is 5.82 Å². The predicted octanol–water partition coefficient (Wildman–Crippen LogP) is 4.79. The van der Waals surface area contributed by atoms with Crippen LogP contribution in [0.1, 0.15) is 27.7 Å². The van der Waals surface area contributed by atoms with Crippen LogP contribution in [0.5, 0.6) is 5.75 Å². The summed E-state index contributed by atoms with van der Waals surface area (Å²) in [5, 5.41) is 9.53. The van der Waals surface area contributed by atoms with Gasteiger partial charge in [0.05, 0.1) is 11.1 Å². The SMILES string of the molecule is CC(COc1cc(Br)c(Cl)cc1F)N(C(=O)O)C(C)(C)C. The zero-order valence-corrected chi connectivity index (χ0v) is 14.6. The van der Waals surface area contributed by atoms with E-state index in [-0.39, 0.29) is 17.4 Å². The van der Waals surface area contributed by atoms with Crippen LogP contribution in [0.25, 0.3) is 0 Å². The number of nitrogens with zero attached hydrogens (tertiary/aromatic N) is 1. The average Bonchev–Trinajstić information content (AvgIpc) is 2.29. The van der Waals surface area contributed by atoms with E-state index < -0.39 is 23.5 Å². The van der Waals surface area contributed by atoms with Crippen LogP contribution in [-0.4, -0.2) is 34.3 Å². The minimum atomic E-state index is -1.05. The fourth-order valence-electron chi connectivity index (χ4n) is 2.04. The molecule has 0 aliphatic heterocycles. The number of hydrogen-bond donors (Lipinski definition) is 1. The van der Waals surface area contributed by atoms with Crippen molar-refractivity contribution in [2.75, 3.05) is 6.61 Å². The second-order valence-corrected chi connectivity index (χ2v) is 6.94. The molecule has 1 N–H and O–H groups in total. The average molecular weight is 383 g/mol. The van der Waals surface area contributed by atoms with Gasteiger partial charge in [0.2, 0.25) is 0 Å². The highest BCUT2D eigenvalue weighted by Crippen LogP contribution is 2.30. The summed E-state index contributed by atoms with van der Waals surface area (Å²) >= 11 is 8.96. The molecule has 1 atom stereocenters. The van der Waals surface area contributed by atoms with Crippen molar-refractivity contribution in [2.24, 2.45) is 0 Å². The van der Waals surface area contributed by atoms with E-state index >= 15 is 0 Å². The molecule has 1 aromatic carbocycles. The Morgan fingerprint density at radius 2 is 2.10 bits per heavy atom. The molecule has 0 radical (unpaired) electrons. The highest BCUT2D eigenvalue weighted by Gasteiger charge is 2.31. The van der Waals surface area contributed by atoms with Crippen molar-refractivity contribution in [1.29, 1.82) is 0 Å². The molecule has 7 heteroatoms. The molecule has 0 fully saturated rings. The maximum atomic E-state index is 13.7. The van der Waals surface area contributed by atoms with Gasteiger partial charge in [-0.1, -0.05) is 11.6 Å². The molecule has 118 valence electrons. The molecule has 0 aromatic heterocycles. The lowest BCUT2D eigenvalue weighted by Gasteiger charge is -2.37. The van der Waals surface area contributed by atoms with Gasteiger partial charge in [0.1, 0.15) is 6.61 Å². The van der Waals surface area contributed by atoms with Crippen LogP contribution in [-0.2, 0) is 0 Å². The van der Waals surface area contributed by atoms with Crippen molar-refractivity contribution in [3.63, 3.8) is 0 Å². The normalized spacial score (nSPS) is 12.9. The third-order valence-electron chi connectivity index (χ3n) is 2.82. The molecular weight excluding hydrogens is 365 g/mol. The third kappa shape index (κ3) is 4.74. The lowest BCUT2D eigenvalue weighted by molar-refractivity contribution is 0.0571. The standard InChI is InChI=1S/C14H18BrClFNO3/c1-8(18(13(19)20)14(2,3)4)7-21-12-5-9(15)10(16)6-11(12)17/h5-6,8H,7H2,1-4H3,(H,19,20). The Balaban J connectivity index is 2.83. The van der Waals surface area contributed by atoms with Crippen LogP contribution in [0.3, 0.4) is 0 Å². The summed E-state index contributed by atoms with van der Waals surface area (Å²) in [7, 11) is 0. The van der Waals surface area contributed by atoms with E-state index in [0.717, 1.165) is 6.07 Å². The molecule has 1 aromatic rings. The molecule has 1 rings (SSSR count). The van der Waals surface area contributed by atoms with Gasteiger partial charge >= 0.3 is 6.09 Å². The van der Waals surface area contributed by atoms with Crippen LogP contribution < -0.4 is 4.74 Å². The molecule has 0 saturated heterocycles. The summed E-state index contributed by atoms with van der Waals surface area (Å²) < 4.78 is 19.6. The van der Waals surface area contributed by atoms with Gasteiger partial charge in [-0.05, 0) is 55.8 Å². The molecular formula is C14H18BrClFNO3. The minimum Gasteiger partial charge on any atom is -0.488 e. The van der Waals surface area contributed by atoms with Crippen molar-refractivity contribution in [2.45, 2.75) is 39.3 Å². The maximum Gasteiger partial charge on any atom is 0.408 e. The molecule has 21 heavy (non-hydrogen) atoms. The molecule has 1 amide bonds. The van der Waals surface area contributed by atoms with Gasteiger partial charge in [-0.25, -0.2) is 9.18 Å². The van der Waals surface area contributed by atoms with Gasteiger partial charge in [-0.2, -0.15) is 0 Å². The maximum absolute atomic E-state index is 13.7. The summed E-state index contributed by atoms with van der Waals surface area (Å²) in [5.74, 6) is -0.564. The van der Waals surface area contributed by atoms with Crippen molar-refractivity contribution >= 4 is 33.6 Å². The van der Waals surface area contributed by atoms with E-state index in [1.165, 1.54) is 11.0 Å². The first-order valence-electron chi connectivity index (χ1n) is 6.33. The monoisotopic (exact) mass is 381 g/mol. The summed E-state index contributed by atoms with van der Waals surface area (Å²) in [6.07, 6.45) is -1.05. The number of rotatable bonds is 4. The molecule has 0 aliphatic rings. The van der Waals surface area contributed by atoms with Crippen LogP contribution >= 0.6 is 27.5 Å². The fourth-order valence-corrected chi connectivity index (χ4v) is 2.51. The van der Waals surface area contributed by atoms with E-state index in [9.17, 15) is 14.3 Å². The quantitative estimate of drug-likeness (QED) is 0.762. The number of ether oxygens (including phenoxy) is 1. The third-order valence-corrected chi connectivity index (χ3v) is 4.02. The Labute approximate surface area is 137 Å². The van der Waals surface area contributed by atoms with Crippen LogP contribution in [0.4, 0.5) is 9.18 Å².